The maximum absolute atomic E-state index is 15.4. The Hall–Kier alpha value is -5.50. The standard InChI is InChI=1S/C41H43N3O5/c1-5-37(46)43(27-30-18-10-6-11-19-30)28-36(45)42-41(33-24-16-9-17-25-33)34(31-20-12-7-13-21-31)26-35(32-22-14-8-15-23-32)44(39(41)48)29-38(47)49-40(2,3)4/h6-26,34H,5,27-29H2,1-4H3,(H,42,45)/t34-,41+/m0/s1. The first-order chi connectivity index (χ1) is 23.5. The predicted octanol–water partition coefficient (Wildman–Crippen LogP) is 6.45. The van der Waals surface area contributed by atoms with E-state index in [1.54, 1.807) is 39.8 Å². The molecule has 4 aromatic carbocycles. The molecule has 5 rings (SSSR count). The summed E-state index contributed by atoms with van der Waals surface area (Å²) in [5, 5.41) is 3.15. The normalized spacial score (nSPS) is 17.6. The van der Waals surface area contributed by atoms with E-state index in [2.05, 4.69) is 5.32 Å². The van der Waals surface area contributed by atoms with E-state index in [1.165, 1.54) is 9.80 Å². The Morgan fingerprint density at radius 1 is 0.816 bits per heavy atom. The molecule has 0 fully saturated rings. The van der Waals surface area contributed by atoms with Gasteiger partial charge in [-0.2, -0.15) is 0 Å². The molecule has 2 atom stereocenters. The quantitative estimate of drug-likeness (QED) is 0.187. The van der Waals surface area contributed by atoms with E-state index in [0.717, 1.165) is 16.7 Å². The lowest BCUT2D eigenvalue weighted by Crippen LogP contribution is -2.63. The Balaban J connectivity index is 1.67. The fourth-order valence-corrected chi connectivity index (χ4v) is 6.26. The van der Waals surface area contributed by atoms with Crippen LogP contribution in [-0.4, -0.2) is 52.2 Å². The summed E-state index contributed by atoms with van der Waals surface area (Å²) in [6.07, 6.45) is 2.16. The zero-order valence-electron chi connectivity index (χ0n) is 28.5. The van der Waals surface area contributed by atoms with Gasteiger partial charge in [0, 0.05) is 24.6 Å². The molecule has 8 heteroatoms. The highest BCUT2D eigenvalue weighted by Crippen LogP contribution is 2.46. The van der Waals surface area contributed by atoms with E-state index in [4.69, 9.17) is 4.74 Å². The fraction of sp³-hybridized carbons (Fsp3) is 0.268. The molecular weight excluding hydrogens is 614 g/mol. The van der Waals surface area contributed by atoms with Gasteiger partial charge >= 0.3 is 5.97 Å². The Bertz CT molecular complexity index is 1790. The van der Waals surface area contributed by atoms with E-state index in [1.807, 2.05) is 115 Å². The summed E-state index contributed by atoms with van der Waals surface area (Å²) in [5.74, 6) is -2.48. The SMILES string of the molecule is CCC(=O)N(CC(=O)N[C@@]1(c2ccccc2)C(=O)N(CC(=O)OC(C)(C)C)C(c2ccccc2)=C[C@H]1c1ccccc1)Cc1ccccc1. The second-order valence-electron chi connectivity index (χ2n) is 13.1. The van der Waals surface area contributed by atoms with Crippen molar-refractivity contribution in [3.05, 3.63) is 150 Å². The molecule has 4 aromatic rings. The molecule has 1 aliphatic heterocycles. The number of amides is 3. The van der Waals surface area contributed by atoms with E-state index < -0.39 is 34.8 Å². The van der Waals surface area contributed by atoms with Crippen molar-refractivity contribution >= 4 is 29.4 Å². The van der Waals surface area contributed by atoms with Crippen LogP contribution in [0.15, 0.2) is 127 Å². The molecule has 49 heavy (non-hydrogen) atoms. The van der Waals surface area contributed by atoms with Crippen LogP contribution in [0.25, 0.3) is 5.70 Å². The Morgan fingerprint density at radius 3 is 1.94 bits per heavy atom. The lowest BCUT2D eigenvalue weighted by molar-refractivity contribution is -0.159. The maximum Gasteiger partial charge on any atom is 0.326 e. The average molecular weight is 658 g/mol. The number of nitrogens with one attached hydrogen (secondary N) is 1. The number of carbonyl (C=O) groups is 4. The molecule has 0 unspecified atom stereocenters. The van der Waals surface area contributed by atoms with Crippen LogP contribution < -0.4 is 5.32 Å². The van der Waals surface area contributed by atoms with Crippen LogP contribution in [0.4, 0.5) is 0 Å². The summed E-state index contributed by atoms with van der Waals surface area (Å²) in [6, 6.07) is 37.5. The monoisotopic (exact) mass is 657 g/mol. The molecule has 1 aliphatic rings. The molecule has 3 amide bonds. The van der Waals surface area contributed by atoms with Crippen molar-refractivity contribution in [3.8, 4) is 0 Å². The third-order valence-electron chi connectivity index (χ3n) is 8.37. The zero-order chi connectivity index (χ0) is 35.0. The Labute approximate surface area is 288 Å². The van der Waals surface area contributed by atoms with Gasteiger partial charge in [0.05, 0.1) is 6.54 Å². The van der Waals surface area contributed by atoms with Crippen molar-refractivity contribution in [1.29, 1.82) is 0 Å². The van der Waals surface area contributed by atoms with Crippen molar-refractivity contribution in [2.45, 2.75) is 57.7 Å². The lowest BCUT2D eigenvalue weighted by Gasteiger charge is -2.47. The van der Waals surface area contributed by atoms with Gasteiger partial charge in [-0.05, 0) is 49.1 Å². The van der Waals surface area contributed by atoms with E-state index in [9.17, 15) is 14.4 Å². The van der Waals surface area contributed by atoms with E-state index >= 15 is 4.79 Å². The highest BCUT2D eigenvalue weighted by Gasteiger charge is 2.54. The van der Waals surface area contributed by atoms with Crippen molar-refractivity contribution in [1.82, 2.24) is 15.1 Å². The summed E-state index contributed by atoms with van der Waals surface area (Å²) >= 11 is 0. The highest BCUT2D eigenvalue weighted by molar-refractivity contribution is 6.03. The number of esters is 1. The molecule has 8 nitrogen and oxygen atoms in total. The average Bonchev–Trinajstić information content (AvgIpc) is 3.10. The van der Waals surface area contributed by atoms with Crippen LogP contribution in [-0.2, 0) is 36.0 Å². The molecule has 1 heterocycles. The Morgan fingerprint density at radius 2 is 1.37 bits per heavy atom. The first-order valence-electron chi connectivity index (χ1n) is 16.6. The van der Waals surface area contributed by atoms with Crippen LogP contribution in [0.2, 0.25) is 0 Å². The minimum absolute atomic E-state index is 0.194. The molecule has 0 saturated heterocycles. The van der Waals surface area contributed by atoms with Crippen LogP contribution in [0.5, 0.6) is 0 Å². The predicted molar refractivity (Wildman–Crippen MR) is 190 cm³/mol. The van der Waals surface area contributed by atoms with E-state index in [-0.39, 0.29) is 32.0 Å². The van der Waals surface area contributed by atoms with Gasteiger partial charge in [-0.3, -0.25) is 24.1 Å². The maximum atomic E-state index is 15.4. The first-order valence-corrected chi connectivity index (χ1v) is 16.6. The number of benzene rings is 4. The third-order valence-corrected chi connectivity index (χ3v) is 8.37. The smallest absolute Gasteiger partial charge is 0.326 e. The number of ether oxygens (including phenoxy) is 1. The van der Waals surface area contributed by atoms with Gasteiger partial charge < -0.3 is 15.0 Å². The van der Waals surface area contributed by atoms with E-state index in [0.29, 0.717) is 11.3 Å². The van der Waals surface area contributed by atoms with Gasteiger partial charge in [-0.25, -0.2) is 0 Å². The van der Waals surface area contributed by atoms with Gasteiger partial charge in [0.1, 0.15) is 12.1 Å². The van der Waals surface area contributed by atoms with Crippen molar-refractivity contribution < 1.29 is 23.9 Å². The molecule has 1 N–H and O–H groups in total. The van der Waals surface area contributed by atoms with Crippen molar-refractivity contribution in [2.75, 3.05) is 13.1 Å². The summed E-state index contributed by atoms with van der Waals surface area (Å²) in [6.45, 7) is 6.66. The minimum Gasteiger partial charge on any atom is -0.459 e. The summed E-state index contributed by atoms with van der Waals surface area (Å²) in [4.78, 5) is 59.2. The molecule has 252 valence electrons. The van der Waals surface area contributed by atoms with Gasteiger partial charge in [-0.15, -0.1) is 0 Å². The fourth-order valence-electron chi connectivity index (χ4n) is 6.26. The van der Waals surface area contributed by atoms with Gasteiger partial charge in [-0.1, -0.05) is 128 Å². The molecule has 0 aromatic heterocycles. The van der Waals surface area contributed by atoms with Gasteiger partial charge in [0.2, 0.25) is 11.8 Å². The first kappa shape index (κ1) is 34.8. The molecule has 0 radical (unpaired) electrons. The molecule has 0 saturated carbocycles. The topological polar surface area (TPSA) is 96.0 Å². The van der Waals surface area contributed by atoms with Gasteiger partial charge in [0.15, 0.2) is 5.54 Å². The second kappa shape index (κ2) is 15.2. The summed E-state index contributed by atoms with van der Waals surface area (Å²) in [7, 11) is 0. The summed E-state index contributed by atoms with van der Waals surface area (Å²) < 4.78 is 5.70. The van der Waals surface area contributed by atoms with Crippen LogP contribution >= 0.6 is 0 Å². The number of hydrogen-bond acceptors (Lipinski definition) is 5. The summed E-state index contributed by atoms with van der Waals surface area (Å²) in [5.41, 5.74) is 0.997. The lowest BCUT2D eigenvalue weighted by atomic mass is 9.70. The molecule has 0 aliphatic carbocycles. The Kier molecular flexibility index (Phi) is 10.8. The molecular formula is C41H43N3O5. The zero-order valence-corrected chi connectivity index (χ0v) is 28.5. The largest absolute Gasteiger partial charge is 0.459 e. The molecule has 0 spiro atoms. The van der Waals surface area contributed by atoms with Crippen LogP contribution in [0.3, 0.4) is 0 Å². The number of rotatable bonds is 11. The van der Waals surface area contributed by atoms with Crippen LogP contribution in [0.1, 0.15) is 62.3 Å². The van der Waals surface area contributed by atoms with Crippen molar-refractivity contribution in [3.63, 3.8) is 0 Å². The number of carbonyl (C=O) groups excluding carboxylic acids is 4. The highest BCUT2D eigenvalue weighted by atomic mass is 16.6. The van der Waals surface area contributed by atoms with Crippen LogP contribution in [0, 0.1) is 0 Å². The number of hydrogen-bond donors (Lipinski definition) is 1. The number of nitrogens with zero attached hydrogens (tertiary/aromatic N) is 2. The third kappa shape index (κ3) is 8.15. The van der Waals surface area contributed by atoms with Crippen molar-refractivity contribution in [2.24, 2.45) is 0 Å². The molecule has 0 bridgehead atoms. The second-order valence-corrected chi connectivity index (χ2v) is 13.1. The minimum atomic E-state index is -1.69. The van der Waals surface area contributed by atoms with Gasteiger partial charge in [0.25, 0.3) is 5.91 Å².